The van der Waals surface area contributed by atoms with Crippen molar-refractivity contribution in [2.75, 3.05) is 51.0 Å². The zero-order valence-electron chi connectivity index (χ0n) is 18.6. The van der Waals surface area contributed by atoms with Crippen LogP contribution in [0.2, 0.25) is 0 Å². The number of hydrogen-bond donors (Lipinski definition) is 0. The summed E-state index contributed by atoms with van der Waals surface area (Å²) in [5.74, 6) is 2.08. The number of carbonyl (C=O) groups is 1. The van der Waals surface area contributed by atoms with E-state index in [1.165, 1.54) is 5.56 Å². The summed E-state index contributed by atoms with van der Waals surface area (Å²) >= 11 is 0. The van der Waals surface area contributed by atoms with Gasteiger partial charge < -0.3 is 14.4 Å². The second-order valence-corrected chi connectivity index (χ2v) is 11.8. The van der Waals surface area contributed by atoms with Crippen LogP contribution in [0.15, 0.2) is 18.2 Å². The first-order valence-electron chi connectivity index (χ1n) is 11.8. The molecule has 0 aromatic heterocycles. The summed E-state index contributed by atoms with van der Waals surface area (Å²) in [5, 5.41) is 0. The third kappa shape index (κ3) is 4.89. The van der Waals surface area contributed by atoms with Gasteiger partial charge in [-0.05, 0) is 37.0 Å². The Kier molecular flexibility index (Phi) is 6.31. The molecule has 32 heavy (non-hydrogen) atoms. The molecule has 1 aromatic carbocycles. The SMILES string of the molecule is O=C(CN1CCN(Cc2ccc3c(c2)OCO3)CC1)N(C1CCCC1)[C@@H]1CCS(=O)(=O)C1. The molecule has 3 heterocycles. The maximum atomic E-state index is 13.3. The maximum absolute atomic E-state index is 13.3. The number of benzene rings is 1. The summed E-state index contributed by atoms with van der Waals surface area (Å²) in [6.07, 6.45) is 4.87. The third-order valence-electron chi connectivity index (χ3n) is 7.27. The number of ether oxygens (including phenoxy) is 2. The largest absolute Gasteiger partial charge is 0.454 e. The average molecular weight is 464 g/mol. The Bertz CT molecular complexity index is 939. The van der Waals surface area contributed by atoms with Crippen LogP contribution in [-0.2, 0) is 21.2 Å². The van der Waals surface area contributed by atoms with Crippen molar-refractivity contribution >= 4 is 15.7 Å². The van der Waals surface area contributed by atoms with Crippen molar-refractivity contribution in [2.45, 2.75) is 50.7 Å². The highest BCUT2D eigenvalue weighted by molar-refractivity contribution is 7.91. The van der Waals surface area contributed by atoms with Crippen LogP contribution in [0.4, 0.5) is 0 Å². The molecule has 1 atom stereocenters. The van der Waals surface area contributed by atoms with Crippen molar-refractivity contribution < 1.29 is 22.7 Å². The van der Waals surface area contributed by atoms with Crippen LogP contribution < -0.4 is 9.47 Å². The van der Waals surface area contributed by atoms with Gasteiger partial charge in [0, 0.05) is 44.8 Å². The summed E-state index contributed by atoms with van der Waals surface area (Å²) in [6.45, 7) is 5.04. The van der Waals surface area contributed by atoms with E-state index in [-0.39, 0.29) is 36.3 Å². The van der Waals surface area contributed by atoms with Gasteiger partial charge in [-0.3, -0.25) is 14.6 Å². The zero-order valence-corrected chi connectivity index (χ0v) is 19.4. The lowest BCUT2D eigenvalue weighted by molar-refractivity contribution is -0.137. The van der Waals surface area contributed by atoms with E-state index in [1.54, 1.807) is 0 Å². The number of carbonyl (C=O) groups excluding carboxylic acids is 1. The monoisotopic (exact) mass is 463 g/mol. The summed E-state index contributed by atoms with van der Waals surface area (Å²) in [7, 11) is -3.01. The normalized spacial score (nSPS) is 25.9. The Morgan fingerprint density at radius 2 is 1.69 bits per heavy atom. The van der Waals surface area contributed by atoms with E-state index in [0.29, 0.717) is 13.0 Å². The molecule has 5 rings (SSSR count). The molecule has 4 aliphatic rings. The second kappa shape index (κ2) is 9.19. The Morgan fingerprint density at radius 3 is 2.41 bits per heavy atom. The number of fused-ring (bicyclic) bond motifs is 1. The van der Waals surface area contributed by atoms with E-state index in [4.69, 9.17) is 9.47 Å². The van der Waals surface area contributed by atoms with Crippen LogP contribution in [-0.4, -0.2) is 92.1 Å². The highest BCUT2D eigenvalue weighted by atomic mass is 32.2. The lowest BCUT2D eigenvalue weighted by Crippen LogP contribution is -2.53. The number of hydrogen-bond acceptors (Lipinski definition) is 7. The van der Waals surface area contributed by atoms with E-state index in [2.05, 4.69) is 15.9 Å². The topological polar surface area (TPSA) is 79.4 Å². The van der Waals surface area contributed by atoms with E-state index < -0.39 is 9.84 Å². The van der Waals surface area contributed by atoms with E-state index in [0.717, 1.165) is 69.9 Å². The van der Waals surface area contributed by atoms with Gasteiger partial charge in [0.2, 0.25) is 12.7 Å². The predicted octanol–water partition coefficient (Wildman–Crippen LogP) is 1.49. The van der Waals surface area contributed by atoms with E-state index >= 15 is 0 Å². The van der Waals surface area contributed by atoms with Gasteiger partial charge >= 0.3 is 0 Å². The summed E-state index contributed by atoms with van der Waals surface area (Å²) in [4.78, 5) is 19.9. The number of rotatable bonds is 6. The molecule has 176 valence electrons. The molecule has 1 aliphatic carbocycles. The summed E-state index contributed by atoms with van der Waals surface area (Å²) < 4.78 is 35.0. The van der Waals surface area contributed by atoms with Crippen LogP contribution in [0.5, 0.6) is 11.5 Å². The molecule has 0 radical (unpaired) electrons. The van der Waals surface area contributed by atoms with Gasteiger partial charge in [0.1, 0.15) is 0 Å². The standard InChI is InChI=1S/C23H33N3O5S/c27-23(26(19-3-1-2-4-19)20-7-12-32(28,29)16-20)15-25-10-8-24(9-11-25)14-18-5-6-21-22(13-18)31-17-30-21/h5-6,13,19-20H,1-4,7-12,14-17H2/t20-/m1/s1. The zero-order chi connectivity index (χ0) is 22.1. The molecular formula is C23H33N3O5S. The Balaban J connectivity index is 1.15. The van der Waals surface area contributed by atoms with Gasteiger partial charge in [-0.2, -0.15) is 0 Å². The minimum Gasteiger partial charge on any atom is -0.454 e. The van der Waals surface area contributed by atoms with Crippen molar-refractivity contribution in [2.24, 2.45) is 0 Å². The van der Waals surface area contributed by atoms with Gasteiger partial charge in [0.05, 0.1) is 18.1 Å². The maximum Gasteiger partial charge on any atom is 0.237 e. The van der Waals surface area contributed by atoms with E-state index in [1.807, 2.05) is 17.0 Å². The highest BCUT2D eigenvalue weighted by Gasteiger charge is 2.39. The van der Waals surface area contributed by atoms with Crippen LogP contribution >= 0.6 is 0 Å². The van der Waals surface area contributed by atoms with Crippen molar-refractivity contribution in [1.82, 2.24) is 14.7 Å². The van der Waals surface area contributed by atoms with Crippen molar-refractivity contribution in [3.05, 3.63) is 23.8 Å². The Hall–Kier alpha value is -1.84. The molecule has 1 saturated carbocycles. The minimum absolute atomic E-state index is 0.114. The number of nitrogens with zero attached hydrogens (tertiary/aromatic N) is 3. The molecule has 8 nitrogen and oxygen atoms in total. The molecule has 0 unspecified atom stereocenters. The lowest BCUT2D eigenvalue weighted by Gasteiger charge is -2.38. The molecule has 2 saturated heterocycles. The predicted molar refractivity (Wildman–Crippen MR) is 120 cm³/mol. The fraction of sp³-hybridized carbons (Fsp3) is 0.696. The average Bonchev–Trinajstić information content (AvgIpc) is 3.51. The van der Waals surface area contributed by atoms with Crippen LogP contribution in [0.3, 0.4) is 0 Å². The molecule has 3 aliphatic heterocycles. The molecule has 3 fully saturated rings. The highest BCUT2D eigenvalue weighted by Crippen LogP contribution is 2.33. The van der Waals surface area contributed by atoms with Crippen LogP contribution in [0.25, 0.3) is 0 Å². The van der Waals surface area contributed by atoms with Gasteiger partial charge in [-0.25, -0.2) is 8.42 Å². The quantitative estimate of drug-likeness (QED) is 0.632. The van der Waals surface area contributed by atoms with Gasteiger partial charge in [-0.15, -0.1) is 0 Å². The fourth-order valence-electron chi connectivity index (χ4n) is 5.56. The summed E-state index contributed by atoms with van der Waals surface area (Å²) in [6, 6.07) is 6.18. The lowest BCUT2D eigenvalue weighted by atomic mass is 10.1. The first-order valence-corrected chi connectivity index (χ1v) is 13.6. The third-order valence-corrected chi connectivity index (χ3v) is 9.03. The molecule has 0 spiro atoms. The Morgan fingerprint density at radius 1 is 0.969 bits per heavy atom. The molecule has 9 heteroatoms. The molecular weight excluding hydrogens is 430 g/mol. The van der Waals surface area contributed by atoms with Crippen molar-refractivity contribution in [3.63, 3.8) is 0 Å². The second-order valence-electron chi connectivity index (χ2n) is 9.54. The molecule has 1 aromatic rings. The van der Waals surface area contributed by atoms with Crippen molar-refractivity contribution in [1.29, 1.82) is 0 Å². The fourth-order valence-corrected chi connectivity index (χ4v) is 7.27. The number of amides is 1. The summed E-state index contributed by atoms with van der Waals surface area (Å²) in [5.41, 5.74) is 1.20. The van der Waals surface area contributed by atoms with Crippen LogP contribution in [0.1, 0.15) is 37.7 Å². The van der Waals surface area contributed by atoms with Gasteiger partial charge in [-0.1, -0.05) is 18.9 Å². The minimum atomic E-state index is -3.01. The molecule has 1 amide bonds. The Labute approximate surface area is 190 Å². The van der Waals surface area contributed by atoms with E-state index in [9.17, 15) is 13.2 Å². The first kappa shape index (κ1) is 22.0. The first-order chi connectivity index (χ1) is 15.5. The molecule has 0 N–H and O–H groups in total. The molecule has 0 bridgehead atoms. The number of sulfone groups is 1. The number of piperazine rings is 1. The van der Waals surface area contributed by atoms with Gasteiger partial charge in [0.25, 0.3) is 0 Å². The smallest absolute Gasteiger partial charge is 0.237 e. The van der Waals surface area contributed by atoms with Crippen molar-refractivity contribution in [3.8, 4) is 11.5 Å². The van der Waals surface area contributed by atoms with Gasteiger partial charge in [0.15, 0.2) is 21.3 Å². The van der Waals surface area contributed by atoms with Crippen LogP contribution in [0, 0.1) is 0 Å².